The molecule has 0 heterocycles. The van der Waals surface area contributed by atoms with Gasteiger partial charge in [-0.05, 0) is 31.0 Å². The number of carbonyl (C=O) groups excluding carboxylic acids is 1. The fraction of sp³-hybridized carbons (Fsp3) is 0.417. The Bertz CT molecular complexity index is 583. The SMILES string of the molecule is CC(C)C(C)OC(=O)c1cc(F)cc(S(=O)(=O)Cl)c1. The van der Waals surface area contributed by atoms with Crippen LogP contribution in [0.5, 0.6) is 0 Å². The molecule has 0 aliphatic rings. The summed E-state index contributed by atoms with van der Waals surface area (Å²) in [5, 5.41) is 0. The molecule has 1 rings (SSSR count). The molecule has 19 heavy (non-hydrogen) atoms. The average molecular weight is 309 g/mol. The quantitative estimate of drug-likeness (QED) is 0.634. The first-order valence-corrected chi connectivity index (χ1v) is 7.88. The molecule has 0 saturated carbocycles. The van der Waals surface area contributed by atoms with Crippen LogP contribution in [0, 0.1) is 11.7 Å². The molecule has 0 aliphatic heterocycles. The van der Waals surface area contributed by atoms with E-state index in [0.717, 1.165) is 18.2 Å². The van der Waals surface area contributed by atoms with E-state index in [1.165, 1.54) is 0 Å². The molecule has 7 heteroatoms. The Morgan fingerprint density at radius 1 is 1.26 bits per heavy atom. The first kappa shape index (κ1) is 15.9. The van der Waals surface area contributed by atoms with Crippen LogP contribution in [0.25, 0.3) is 0 Å². The molecule has 0 aliphatic carbocycles. The molecule has 1 aromatic carbocycles. The maximum absolute atomic E-state index is 13.3. The molecule has 0 bridgehead atoms. The van der Waals surface area contributed by atoms with E-state index in [1.807, 2.05) is 13.8 Å². The van der Waals surface area contributed by atoms with Gasteiger partial charge in [0.1, 0.15) is 11.9 Å². The van der Waals surface area contributed by atoms with Crippen molar-refractivity contribution in [3.05, 3.63) is 29.6 Å². The summed E-state index contributed by atoms with van der Waals surface area (Å²) in [7, 11) is 1.02. The zero-order valence-electron chi connectivity index (χ0n) is 10.7. The molecule has 4 nitrogen and oxygen atoms in total. The summed E-state index contributed by atoms with van der Waals surface area (Å²) in [6.45, 7) is 5.41. The van der Waals surface area contributed by atoms with Gasteiger partial charge in [0.15, 0.2) is 0 Å². The minimum Gasteiger partial charge on any atom is -0.459 e. The summed E-state index contributed by atoms with van der Waals surface area (Å²) in [6.07, 6.45) is -0.369. The molecular formula is C12H14ClFO4S. The predicted molar refractivity (Wildman–Crippen MR) is 69.2 cm³/mol. The van der Waals surface area contributed by atoms with E-state index in [-0.39, 0.29) is 17.6 Å². The molecule has 0 fully saturated rings. The lowest BCUT2D eigenvalue weighted by Gasteiger charge is -2.16. The third-order valence-corrected chi connectivity index (χ3v) is 3.95. The first-order chi connectivity index (χ1) is 8.61. The second kappa shape index (κ2) is 5.88. The van der Waals surface area contributed by atoms with Crippen LogP contribution in [0.1, 0.15) is 31.1 Å². The normalized spacial score (nSPS) is 13.4. The number of hydrogen-bond donors (Lipinski definition) is 0. The molecular weight excluding hydrogens is 295 g/mol. The largest absolute Gasteiger partial charge is 0.459 e. The van der Waals surface area contributed by atoms with Crippen LogP contribution >= 0.6 is 10.7 Å². The smallest absolute Gasteiger partial charge is 0.338 e. The molecule has 1 unspecified atom stereocenters. The van der Waals surface area contributed by atoms with Gasteiger partial charge >= 0.3 is 5.97 Å². The fourth-order valence-electron chi connectivity index (χ4n) is 1.19. The summed E-state index contributed by atoms with van der Waals surface area (Å²) in [5.41, 5.74) is -0.188. The fourth-order valence-corrected chi connectivity index (χ4v) is 1.98. The minimum atomic E-state index is -4.10. The molecule has 0 N–H and O–H groups in total. The van der Waals surface area contributed by atoms with Gasteiger partial charge in [0, 0.05) is 10.7 Å². The number of carbonyl (C=O) groups is 1. The van der Waals surface area contributed by atoms with E-state index in [0.29, 0.717) is 0 Å². The zero-order valence-corrected chi connectivity index (χ0v) is 12.3. The topological polar surface area (TPSA) is 60.4 Å². The summed E-state index contributed by atoms with van der Waals surface area (Å²) in [5.74, 6) is -1.57. The van der Waals surface area contributed by atoms with Gasteiger partial charge in [-0.1, -0.05) is 13.8 Å². The van der Waals surface area contributed by atoms with Gasteiger partial charge in [-0.15, -0.1) is 0 Å². The molecule has 1 atom stereocenters. The zero-order chi connectivity index (χ0) is 14.8. The van der Waals surface area contributed by atoms with Crippen molar-refractivity contribution in [1.29, 1.82) is 0 Å². The van der Waals surface area contributed by atoms with Crippen molar-refractivity contribution < 1.29 is 22.3 Å². The highest BCUT2D eigenvalue weighted by Gasteiger charge is 2.19. The van der Waals surface area contributed by atoms with Gasteiger partial charge in [0.25, 0.3) is 9.05 Å². The highest BCUT2D eigenvalue weighted by molar-refractivity contribution is 8.13. The van der Waals surface area contributed by atoms with E-state index in [2.05, 4.69) is 0 Å². The van der Waals surface area contributed by atoms with Gasteiger partial charge in [-0.2, -0.15) is 0 Å². The van der Waals surface area contributed by atoms with Crippen molar-refractivity contribution in [1.82, 2.24) is 0 Å². The second-order valence-corrected chi connectivity index (χ2v) is 7.03. The molecule has 106 valence electrons. The van der Waals surface area contributed by atoms with Gasteiger partial charge in [0.2, 0.25) is 0 Å². The predicted octanol–water partition coefficient (Wildman–Crippen LogP) is 2.95. The third kappa shape index (κ3) is 4.47. The molecule has 0 radical (unpaired) electrons. The van der Waals surface area contributed by atoms with E-state index >= 15 is 0 Å². The van der Waals surface area contributed by atoms with Crippen LogP contribution < -0.4 is 0 Å². The van der Waals surface area contributed by atoms with Crippen LogP contribution in [0.4, 0.5) is 4.39 Å². The van der Waals surface area contributed by atoms with Crippen molar-refractivity contribution in [3.63, 3.8) is 0 Å². The Morgan fingerprint density at radius 3 is 2.32 bits per heavy atom. The van der Waals surface area contributed by atoms with E-state index in [1.54, 1.807) is 6.92 Å². The van der Waals surface area contributed by atoms with E-state index in [4.69, 9.17) is 15.4 Å². The van der Waals surface area contributed by atoms with Gasteiger partial charge in [-0.25, -0.2) is 17.6 Å². The number of halogens is 2. The Labute approximate surface area is 115 Å². The Morgan fingerprint density at radius 2 is 1.84 bits per heavy atom. The van der Waals surface area contributed by atoms with Crippen LogP contribution in [-0.2, 0) is 13.8 Å². The van der Waals surface area contributed by atoms with Crippen molar-refractivity contribution in [2.75, 3.05) is 0 Å². The van der Waals surface area contributed by atoms with Crippen LogP contribution in [0.2, 0.25) is 0 Å². The minimum absolute atomic E-state index is 0.0914. The number of benzene rings is 1. The van der Waals surface area contributed by atoms with Crippen molar-refractivity contribution in [2.24, 2.45) is 5.92 Å². The van der Waals surface area contributed by atoms with Gasteiger partial charge in [0.05, 0.1) is 10.5 Å². The van der Waals surface area contributed by atoms with Crippen molar-refractivity contribution in [2.45, 2.75) is 31.8 Å². The average Bonchev–Trinajstić information content (AvgIpc) is 2.26. The highest BCUT2D eigenvalue weighted by Crippen LogP contribution is 2.20. The third-order valence-electron chi connectivity index (χ3n) is 2.62. The Hall–Kier alpha value is -1.14. The molecule has 0 spiro atoms. The van der Waals surface area contributed by atoms with Crippen LogP contribution in [0.3, 0.4) is 0 Å². The van der Waals surface area contributed by atoms with E-state index < -0.39 is 25.7 Å². The number of esters is 1. The Kier molecular flexibility index (Phi) is 4.92. The lowest BCUT2D eigenvalue weighted by Crippen LogP contribution is -2.20. The number of rotatable bonds is 4. The van der Waals surface area contributed by atoms with Crippen molar-refractivity contribution >= 4 is 25.7 Å². The summed E-state index contributed by atoms with van der Waals surface area (Å²) in [4.78, 5) is 11.3. The van der Waals surface area contributed by atoms with E-state index in [9.17, 15) is 17.6 Å². The molecule has 1 aromatic rings. The standard InChI is InChI=1S/C12H14ClFO4S/c1-7(2)8(3)18-12(15)9-4-10(14)6-11(5-9)19(13,16)17/h4-8H,1-3H3. The second-order valence-electron chi connectivity index (χ2n) is 4.47. The number of ether oxygens (including phenoxy) is 1. The summed E-state index contributed by atoms with van der Waals surface area (Å²) in [6, 6.07) is 2.63. The van der Waals surface area contributed by atoms with Crippen LogP contribution in [-0.4, -0.2) is 20.5 Å². The van der Waals surface area contributed by atoms with Gasteiger partial charge < -0.3 is 4.74 Å². The Balaban J connectivity index is 3.08. The first-order valence-electron chi connectivity index (χ1n) is 5.57. The maximum Gasteiger partial charge on any atom is 0.338 e. The summed E-state index contributed by atoms with van der Waals surface area (Å²) < 4.78 is 40.6. The van der Waals surface area contributed by atoms with Gasteiger partial charge in [-0.3, -0.25) is 0 Å². The van der Waals surface area contributed by atoms with Crippen molar-refractivity contribution in [3.8, 4) is 0 Å². The monoisotopic (exact) mass is 308 g/mol. The number of hydrogen-bond acceptors (Lipinski definition) is 4. The summed E-state index contributed by atoms with van der Waals surface area (Å²) >= 11 is 0. The molecule has 0 amide bonds. The highest BCUT2D eigenvalue weighted by atomic mass is 35.7. The molecule has 0 saturated heterocycles. The van der Waals surface area contributed by atoms with Crippen LogP contribution in [0.15, 0.2) is 23.1 Å². The molecule has 0 aromatic heterocycles. The maximum atomic E-state index is 13.3. The lowest BCUT2D eigenvalue weighted by molar-refractivity contribution is 0.0237. The lowest BCUT2D eigenvalue weighted by atomic mass is 10.1.